The summed E-state index contributed by atoms with van der Waals surface area (Å²) in [6.45, 7) is 1.99. The predicted molar refractivity (Wildman–Crippen MR) is 80.8 cm³/mol. The molecule has 3 atom stereocenters. The van der Waals surface area contributed by atoms with Crippen molar-refractivity contribution in [3.63, 3.8) is 0 Å². The molecule has 0 spiro atoms. The monoisotopic (exact) mass is 289 g/mol. The smallest absolute Gasteiger partial charge is 0.306 e. The molecule has 114 valence electrons. The number of nitrogens with one attached hydrogen (secondary N) is 1. The maximum atomic E-state index is 12.3. The van der Waals surface area contributed by atoms with Crippen LogP contribution in [-0.4, -0.2) is 23.0 Å². The lowest BCUT2D eigenvalue weighted by Gasteiger charge is -2.27. The van der Waals surface area contributed by atoms with Crippen LogP contribution < -0.4 is 5.32 Å². The standard InChI is InChI=1S/C17H23NO3/c1-12(10-13-6-3-2-4-7-13)18-16(19)14-8-5-9-15(11-14)17(20)21/h2-4,6-7,12,14-15H,5,8-11H2,1H3,(H,18,19)(H,20,21). The summed E-state index contributed by atoms with van der Waals surface area (Å²) < 4.78 is 0. The van der Waals surface area contributed by atoms with Crippen molar-refractivity contribution in [2.75, 3.05) is 0 Å². The van der Waals surface area contributed by atoms with Crippen LogP contribution in [0.3, 0.4) is 0 Å². The molecule has 0 aromatic heterocycles. The fourth-order valence-electron chi connectivity index (χ4n) is 3.03. The molecule has 4 heteroatoms. The third kappa shape index (κ3) is 4.59. The highest BCUT2D eigenvalue weighted by Crippen LogP contribution is 2.29. The zero-order chi connectivity index (χ0) is 15.2. The number of amides is 1. The molecular weight excluding hydrogens is 266 g/mol. The summed E-state index contributed by atoms with van der Waals surface area (Å²) in [6.07, 6.45) is 3.58. The summed E-state index contributed by atoms with van der Waals surface area (Å²) in [4.78, 5) is 23.3. The van der Waals surface area contributed by atoms with Crippen molar-refractivity contribution in [1.29, 1.82) is 0 Å². The molecule has 0 radical (unpaired) electrons. The van der Waals surface area contributed by atoms with Gasteiger partial charge in [0.15, 0.2) is 0 Å². The number of hydrogen-bond acceptors (Lipinski definition) is 2. The summed E-state index contributed by atoms with van der Waals surface area (Å²) in [5.74, 6) is -1.29. The van der Waals surface area contributed by atoms with Crippen LogP contribution in [0.2, 0.25) is 0 Å². The van der Waals surface area contributed by atoms with E-state index in [4.69, 9.17) is 5.11 Å². The van der Waals surface area contributed by atoms with Gasteiger partial charge in [-0.15, -0.1) is 0 Å². The molecule has 0 saturated heterocycles. The number of carboxylic acids is 1. The summed E-state index contributed by atoms with van der Waals surface area (Å²) in [5.41, 5.74) is 1.19. The molecule has 0 heterocycles. The molecular formula is C17H23NO3. The molecule has 4 nitrogen and oxygen atoms in total. The molecule has 0 aliphatic heterocycles. The molecule has 2 rings (SSSR count). The van der Waals surface area contributed by atoms with Crippen LogP contribution in [0.4, 0.5) is 0 Å². The lowest BCUT2D eigenvalue weighted by Crippen LogP contribution is -2.40. The third-order valence-electron chi connectivity index (χ3n) is 4.17. The van der Waals surface area contributed by atoms with Crippen molar-refractivity contribution in [2.24, 2.45) is 11.8 Å². The topological polar surface area (TPSA) is 66.4 Å². The van der Waals surface area contributed by atoms with Gasteiger partial charge < -0.3 is 10.4 Å². The van der Waals surface area contributed by atoms with Gasteiger partial charge in [0.1, 0.15) is 0 Å². The maximum Gasteiger partial charge on any atom is 0.306 e. The zero-order valence-corrected chi connectivity index (χ0v) is 12.4. The highest BCUT2D eigenvalue weighted by molar-refractivity contribution is 5.80. The first kappa shape index (κ1) is 15.5. The molecule has 1 aliphatic rings. The summed E-state index contributed by atoms with van der Waals surface area (Å²) in [7, 11) is 0. The van der Waals surface area contributed by atoms with E-state index in [0.717, 1.165) is 19.3 Å². The number of carboxylic acid groups (broad SMARTS) is 1. The first-order valence-corrected chi connectivity index (χ1v) is 7.63. The molecule has 1 amide bonds. The molecule has 0 bridgehead atoms. The first-order chi connectivity index (χ1) is 10.1. The fraction of sp³-hybridized carbons (Fsp3) is 0.529. The number of hydrogen-bond donors (Lipinski definition) is 2. The van der Waals surface area contributed by atoms with Crippen LogP contribution in [0, 0.1) is 11.8 Å². The summed E-state index contributed by atoms with van der Waals surface area (Å²) >= 11 is 0. The number of benzene rings is 1. The minimum atomic E-state index is -0.773. The van der Waals surface area contributed by atoms with Crippen molar-refractivity contribution < 1.29 is 14.7 Å². The molecule has 1 aromatic carbocycles. The molecule has 1 aliphatic carbocycles. The van der Waals surface area contributed by atoms with E-state index in [-0.39, 0.29) is 23.8 Å². The normalized spacial score (nSPS) is 23.3. The molecule has 1 saturated carbocycles. The Labute approximate surface area is 125 Å². The Morgan fingerprint density at radius 3 is 2.57 bits per heavy atom. The highest BCUT2D eigenvalue weighted by Gasteiger charge is 2.31. The largest absolute Gasteiger partial charge is 0.481 e. The summed E-state index contributed by atoms with van der Waals surface area (Å²) in [6, 6.07) is 10.1. The molecule has 21 heavy (non-hydrogen) atoms. The fourth-order valence-corrected chi connectivity index (χ4v) is 3.03. The minimum absolute atomic E-state index is 0.00406. The SMILES string of the molecule is CC(Cc1ccccc1)NC(=O)C1CCCC(C(=O)O)C1. The van der Waals surface area contributed by atoms with E-state index < -0.39 is 5.97 Å². The van der Waals surface area contributed by atoms with Crippen molar-refractivity contribution in [3.05, 3.63) is 35.9 Å². The van der Waals surface area contributed by atoms with Crippen molar-refractivity contribution in [3.8, 4) is 0 Å². The Balaban J connectivity index is 1.84. The Morgan fingerprint density at radius 1 is 1.24 bits per heavy atom. The van der Waals surface area contributed by atoms with E-state index in [0.29, 0.717) is 12.8 Å². The average molecular weight is 289 g/mol. The number of rotatable bonds is 5. The zero-order valence-electron chi connectivity index (χ0n) is 12.4. The quantitative estimate of drug-likeness (QED) is 0.875. The van der Waals surface area contributed by atoms with Gasteiger partial charge >= 0.3 is 5.97 Å². The van der Waals surface area contributed by atoms with Crippen LogP contribution >= 0.6 is 0 Å². The Morgan fingerprint density at radius 2 is 1.90 bits per heavy atom. The van der Waals surface area contributed by atoms with Gasteiger partial charge in [-0.25, -0.2) is 0 Å². The highest BCUT2D eigenvalue weighted by atomic mass is 16.4. The van der Waals surface area contributed by atoms with Gasteiger partial charge in [0.25, 0.3) is 0 Å². The number of carbonyl (C=O) groups is 2. The van der Waals surface area contributed by atoms with Gasteiger partial charge in [0, 0.05) is 12.0 Å². The molecule has 3 unspecified atom stereocenters. The van der Waals surface area contributed by atoms with Crippen molar-refractivity contribution in [2.45, 2.75) is 45.1 Å². The summed E-state index contributed by atoms with van der Waals surface area (Å²) in [5, 5.41) is 12.1. The second-order valence-electron chi connectivity index (χ2n) is 6.00. The second-order valence-corrected chi connectivity index (χ2v) is 6.00. The van der Waals surface area contributed by atoms with Crippen LogP contribution in [-0.2, 0) is 16.0 Å². The van der Waals surface area contributed by atoms with Gasteiger partial charge in [0.2, 0.25) is 5.91 Å². The van der Waals surface area contributed by atoms with Gasteiger partial charge in [-0.1, -0.05) is 36.8 Å². The Bertz CT molecular complexity index is 486. The Kier molecular flexibility index (Phi) is 5.37. The van der Waals surface area contributed by atoms with E-state index in [1.54, 1.807) is 0 Å². The minimum Gasteiger partial charge on any atom is -0.481 e. The molecule has 1 fully saturated rings. The average Bonchev–Trinajstić information content (AvgIpc) is 2.48. The van der Waals surface area contributed by atoms with E-state index >= 15 is 0 Å². The van der Waals surface area contributed by atoms with Gasteiger partial charge in [0.05, 0.1) is 5.92 Å². The predicted octanol–water partition coefficient (Wildman–Crippen LogP) is 2.62. The van der Waals surface area contributed by atoms with E-state index in [1.165, 1.54) is 5.56 Å². The van der Waals surface area contributed by atoms with Crippen molar-refractivity contribution in [1.82, 2.24) is 5.32 Å². The van der Waals surface area contributed by atoms with Gasteiger partial charge in [-0.2, -0.15) is 0 Å². The molecule has 1 aromatic rings. The van der Waals surface area contributed by atoms with Crippen LogP contribution in [0.1, 0.15) is 38.2 Å². The van der Waals surface area contributed by atoms with Crippen LogP contribution in [0.5, 0.6) is 0 Å². The Hall–Kier alpha value is -1.84. The number of carbonyl (C=O) groups excluding carboxylic acids is 1. The maximum absolute atomic E-state index is 12.3. The van der Waals surface area contributed by atoms with Gasteiger partial charge in [-0.05, 0) is 38.2 Å². The van der Waals surface area contributed by atoms with Gasteiger partial charge in [-0.3, -0.25) is 9.59 Å². The van der Waals surface area contributed by atoms with Crippen LogP contribution in [0.15, 0.2) is 30.3 Å². The lowest BCUT2D eigenvalue weighted by atomic mass is 9.81. The van der Waals surface area contributed by atoms with E-state index in [9.17, 15) is 9.59 Å². The number of aliphatic carboxylic acids is 1. The van der Waals surface area contributed by atoms with E-state index in [2.05, 4.69) is 5.32 Å². The third-order valence-corrected chi connectivity index (χ3v) is 4.17. The van der Waals surface area contributed by atoms with Crippen LogP contribution in [0.25, 0.3) is 0 Å². The first-order valence-electron chi connectivity index (χ1n) is 7.63. The second kappa shape index (κ2) is 7.25. The lowest BCUT2D eigenvalue weighted by molar-refractivity contribution is -0.144. The van der Waals surface area contributed by atoms with E-state index in [1.807, 2.05) is 37.3 Å². The van der Waals surface area contributed by atoms with Crippen molar-refractivity contribution >= 4 is 11.9 Å². The molecule has 2 N–H and O–H groups in total.